The molecule has 0 aliphatic carbocycles. The third-order valence-corrected chi connectivity index (χ3v) is 11.1. The maximum Gasteiger partial charge on any atom is 0.341 e. The summed E-state index contributed by atoms with van der Waals surface area (Å²) >= 11 is 2.58. The third-order valence-electron chi connectivity index (χ3n) is 10.0. The lowest BCUT2D eigenvalue weighted by atomic mass is 9.85. The number of aryl methyl sites for hydroxylation is 6. The largest absolute Gasteiger partial charge is 0.493 e. The number of carbonyl (C=O) groups is 1. The maximum atomic E-state index is 12.5. The number of esters is 1. The Bertz CT molecular complexity index is 1750. The highest BCUT2D eigenvalue weighted by Gasteiger charge is 2.19. The molecule has 0 radical (unpaired) electrons. The van der Waals surface area contributed by atoms with Gasteiger partial charge < -0.3 is 9.47 Å². The molecule has 50 heavy (non-hydrogen) atoms. The van der Waals surface area contributed by atoms with E-state index in [1.165, 1.54) is 118 Å². The standard InChI is InChI=1S/C46H59IO3/c1-9-12-15-17-19-35-29-44(47)37(20-18-16-13-10-2)28-43(35)42-27-33(6)41(26-34(42)7)40-25-31(4)39(24-32(40)5)36-21-22-38(46(48)49-8)45(30-36)50-23-14-11-3/h21-22,24-30H,9-20,23H2,1-8H3. The van der Waals surface area contributed by atoms with Crippen LogP contribution in [0.4, 0.5) is 0 Å². The molecular formula is C46H59IO3. The first kappa shape index (κ1) is 39.7. The van der Waals surface area contributed by atoms with Crippen molar-refractivity contribution in [2.45, 2.75) is 126 Å². The van der Waals surface area contributed by atoms with Crippen LogP contribution >= 0.6 is 22.6 Å². The summed E-state index contributed by atoms with van der Waals surface area (Å²) in [6.45, 7) is 16.2. The van der Waals surface area contributed by atoms with Crippen LogP contribution in [0.2, 0.25) is 0 Å². The van der Waals surface area contributed by atoms with Crippen LogP contribution in [0.25, 0.3) is 33.4 Å². The smallest absolute Gasteiger partial charge is 0.341 e. The molecule has 268 valence electrons. The van der Waals surface area contributed by atoms with E-state index in [9.17, 15) is 4.79 Å². The monoisotopic (exact) mass is 786 g/mol. The van der Waals surface area contributed by atoms with E-state index in [4.69, 9.17) is 9.47 Å². The first-order valence-corrected chi connectivity index (χ1v) is 20.1. The van der Waals surface area contributed by atoms with Crippen molar-refractivity contribution in [3.8, 4) is 39.1 Å². The Hall–Kier alpha value is -3.12. The number of hydrogen-bond donors (Lipinski definition) is 0. The summed E-state index contributed by atoms with van der Waals surface area (Å²) in [5, 5.41) is 0. The number of ether oxygens (including phenoxy) is 2. The van der Waals surface area contributed by atoms with Crippen LogP contribution in [0.3, 0.4) is 0 Å². The SMILES string of the molecule is CCCCCCc1cc(-c2cc(C)c(-c3cc(C)c(-c4ccc(C(=O)OC)c(OCCCC)c4)cc3C)cc2C)c(CCCCCC)cc1I. The van der Waals surface area contributed by atoms with Gasteiger partial charge in [0.2, 0.25) is 0 Å². The lowest BCUT2D eigenvalue weighted by Gasteiger charge is -2.20. The zero-order valence-corrected chi connectivity index (χ0v) is 34.1. The number of carbonyl (C=O) groups excluding carboxylic acids is 1. The fourth-order valence-electron chi connectivity index (χ4n) is 7.02. The minimum Gasteiger partial charge on any atom is -0.493 e. The molecule has 0 amide bonds. The van der Waals surface area contributed by atoms with Gasteiger partial charge in [0.1, 0.15) is 11.3 Å². The van der Waals surface area contributed by atoms with Crippen LogP contribution in [0.1, 0.15) is 129 Å². The maximum absolute atomic E-state index is 12.5. The van der Waals surface area contributed by atoms with E-state index in [1.807, 2.05) is 18.2 Å². The molecule has 0 unspecified atom stereocenters. The van der Waals surface area contributed by atoms with Gasteiger partial charge in [0, 0.05) is 3.57 Å². The van der Waals surface area contributed by atoms with E-state index in [1.54, 1.807) is 0 Å². The molecule has 0 heterocycles. The van der Waals surface area contributed by atoms with Gasteiger partial charge in [-0.25, -0.2) is 4.79 Å². The van der Waals surface area contributed by atoms with Crippen LogP contribution in [-0.4, -0.2) is 19.7 Å². The fourth-order valence-corrected chi connectivity index (χ4v) is 7.82. The summed E-state index contributed by atoms with van der Waals surface area (Å²) in [5.74, 6) is 0.202. The number of methoxy groups -OCH3 is 1. The zero-order valence-electron chi connectivity index (χ0n) is 32.0. The summed E-state index contributed by atoms with van der Waals surface area (Å²) in [4.78, 5) is 12.5. The van der Waals surface area contributed by atoms with Crippen molar-refractivity contribution in [2.24, 2.45) is 0 Å². The molecule has 0 aliphatic rings. The molecule has 0 bridgehead atoms. The third kappa shape index (κ3) is 10.0. The Morgan fingerprint density at radius 1 is 0.580 bits per heavy atom. The first-order valence-electron chi connectivity index (χ1n) is 19.0. The fraction of sp³-hybridized carbons (Fsp3) is 0.457. The van der Waals surface area contributed by atoms with Gasteiger partial charge in [-0.15, -0.1) is 0 Å². The predicted molar refractivity (Wildman–Crippen MR) is 222 cm³/mol. The van der Waals surface area contributed by atoms with E-state index in [0.29, 0.717) is 17.9 Å². The van der Waals surface area contributed by atoms with Gasteiger partial charge in [-0.2, -0.15) is 0 Å². The summed E-state index contributed by atoms with van der Waals surface area (Å²) in [6.07, 6.45) is 14.5. The second kappa shape index (κ2) is 19.5. The van der Waals surface area contributed by atoms with Crippen LogP contribution in [0.5, 0.6) is 5.75 Å². The molecule has 0 aromatic heterocycles. The van der Waals surface area contributed by atoms with Crippen LogP contribution in [0.15, 0.2) is 54.6 Å². The molecule has 4 aromatic rings. The van der Waals surface area contributed by atoms with Gasteiger partial charge in [-0.05, 0) is 173 Å². The van der Waals surface area contributed by atoms with Crippen molar-refractivity contribution in [1.82, 2.24) is 0 Å². The molecule has 0 fully saturated rings. The molecule has 0 N–H and O–H groups in total. The number of rotatable bonds is 18. The Kier molecular flexibility index (Phi) is 15.5. The van der Waals surface area contributed by atoms with E-state index >= 15 is 0 Å². The summed E-state index contributed by atoms with van der Waals surface area (Å²) in [5.41, 5.74) is 16.0. The van der Waals surface area contributed by atoms with Crippen molar-refractivity contribution in [2.75, 3.05) is 13.7 Å². The van der Waals surface area contributed by atoms with E-state index in [-0.39, 0.29) is 5.97 Å². The molecule has 0 spiro atoms. The van der Waals surface area contributed by atoms with Crippen LogP contribution in [0, 0.1) is 31.3 Å². The van der Waals surface area contributed by atoms with Crippen LogP contribution in [-0.2, 0) is 17.6 Å². The van der Waals surface area contributed by atoms with Crippen molar-refractivity contribution in [3.05, 3.63) is 97.1 Å². The minimum absolute atomic E-state index is 0.377. The normalized spacial score (nSPS) is 11.2. The Balaban J connectivity index is 1.73. The van der Waals surface area contributed by atoms with E-state index < -0.39 is 0 Å². The molecule has 0 saturated heterocycles. The Labute approximate surface area is 316 Å². The average molecular weight is 787 g/mol. The molecule has 3 nitrogen and oxygen atoms in total. The highest BCUT2D eigenvalue weighted by Crippen LogP contribution is 2.39. The zero-order chi connectivity index (χ0) is 36.2. The van der Waals surface area contributed by atoms with Crippen molar-refractivity contribution in [3.63, 3.8) is 0 Å². The molecule has 4 rings (SSSR count). The predicted octanol–water partition coefficient (Wildman–Crippen LogP) is 13.7. The number of unbranched alkanes of at least 4 members (excludes halogenated alkanes) is 7. The summed E-state index contributed by atoms with van der Waals surface area (Å²) < 4.78 is 12.5. The summed E-state index contributed by atoms with van der Waals surface area (Å²) in [7, 11) is 1.41. The second-order valence-electron chi connectivity index (χ2n) is 14.1. The molecule has 0 aliphatic heterocycles. The minimum atomic E-state index is -0.377. The average Bonchev–Trinajstić information content (AvgIpc) is 3.10. The molecule has 0 atom stereocenters. The number of hydrogen-bond acceptors (Lipinski definition) is 3. The first-order chi connectivity index (χ1) is 24.1. The highest BCUT2D eigenvalue weighted by molar-refractivity contribution is 14.1. The van der Waals surface area contributed by atoms with Gasteiger partial charge in [0.25, 0.3) is 0 Å². The van der Waals surface area contributed by atoms with Gasteiger partial charge in [0.05, 0.1) is 13.7 Å². The van der Waals surface area contributed by atoms with Crippen molar-refractivity contribution in [1.29, 1.82) is 0 Å². The number of benzene rings is 4. The van der Waals surface area contributed by atoms with E-state index in [2.05, 4.69) is 107 Å². The van der Waals surface area contributed by atoms with Crippen LogP contribution < -0.4 is 4.74 Å². The quantitative estimate of drug-likeness (QED) is 0.0572. The molecule has 4 aromatic carbocycles. The summed E-state index contributed by atoms with van der Waals surface area (Å²) in [6, 6.07) is 20.3. The van der Waals surface area contributed by atoms with Gasteiger partial charge in [0.15, 0.2) is 0 Å². The highest BCUT2D eigenvalue weighted by atomic mass is 127. The Morgan fingerprint density at radius 3 is 1.66 bits per heavy atom. The molecule has 0 saturated carbocycles. The lowest BCUT2D eigenvalue weighted by molar-refractivity contribution is 0.0596. The molecule has 4 heteroatoms. The lowest BCUT2D eigenvalue weighted by Crippen LogP contribution is -2.07. The van der Waals surface area contributed by atoms with Gasteiger partial charge >= 0.3 is 5.97 Å². The molecular weight excluding hydrogens is 727 g/mol. The van der Waals surface area contributed by atoms with Crippen molar-refractivity contribution >= 4 is 28.6 Å². The van der Waals surface area contributed by atoms with Gasteiger partial charge in [-0.3, -0.25) is 0 Å². The van der Waals surface area contributed by atoms with Crippen molar-refractivity contribution < 1.29 is 14.3 Å². The Morgan fingerprint density at radius 2 is 1.10 bits per heavy atom. The van der Waals surface area contributed by atoms with E-state index in [0.717, 1.165) is 36.8 Å². The topological polar surface area (TPSA) is 35.5 Å². The number of halogens is 1. The van der Waals surface area contributed by atoms with Gasteiger partial charge in [-0.1, -0.05) is 96.0 Å². The second-order valence-corrected chi connectivity index (χ2v) is 15.3.